The molecule has 0 aromatic heterocycles. The maximum atomic E-state index is 12.9. The molecule has 1 unspecified atom stereocenters. The summed E-state index contributed by atoms with van der Waals surface area (Å²) in [5.74, 6) is 0.120. The third kappa shape index (κ3) is 9.28. The highest BCUT2D eigenvalue weighted by Gasteiger charge is 2.34. The molecule has 1 N–H and O–H groups in total. The molecule has 2 saturated heterocycles. The van der Waals surface area contributed by atoms with E-state index in [1.807, 2.05) is 13.8 Å². The van der Waals surface area contributed by atoms with E-state index in [9.17, 15) is 18.0 Å². The molecular formula is C20H38F3N3O. The minimum atomic E-state index is -4.18. The van der Waals surface area contributed by atoms with Gasteiger partial charge in [0.05, 0.1) is 6.54 Å². The number of hydrogen-bond acceptors (Lipinski definition) is 3. The van der Waals surface area contributed by atoms with Crippen LogP contribution in [0.25, 0.3) is 0 Å². The molecule has 0 aromatic carbocycles. The van der Waals surface area contributed by atoms with E-state index in [4.69, 9.17) is 0 Å². The summed E-state index contributed by atoms with van der Waals surface area (Å²) in [5, 5.41) is 3.26. The fourth-order valence-corrected chi connectivity index (χ4v) is 3.87. The van der Waals surface area contributed by atoms with E-state index >= 15 is 0 Å². The average molecular weight is 394 g/mol. The lowest BCUT2D eigenvalue weighted by molar-refractivity contribution is -0.150. The highest BCUT2D eigenvalue weighted by molar-refractivity contribution is 5.78. The topological polar surface area (TPSA) is 35.6 Å². The maximum Gasteiger partial charge on any atom is 0.389 e. The number of carbonyl (C=O) groups is 1. The number of nitrogens with zero attached hydrogens (tertiary/aromatic N) is 2. The molecule has 4 nitrogen and oxygen atoms in total. The lowest BCUT2D eigenvalue weighted by Gasteiger charge is -2.38. The van der Waals surface area contributed by atoms with Gasteiger partial charge in [0.1, 0.15) is 0 Å². The standard InChI is InChI=1S/C18H32F3N3O.C2H6/c1-14-5-9-23(10-6-14)13-17(25)24(16-3-7-22-8-4-16)12-15(2)11-18(19,20)21;1-2/h14-16,22H,3-13H2,1-2H3;1-2H3. The van der Waals surface area contributed by atoms with E-state index in [2.05, 4.69) is 17.1 Å². The van der Waals surface area contributed by atoms with E-state index in [0.29, 0.717) is 12.5 Å². The molecule has 0 aliphatic carbocycles. The van der Waals surface area contributed by atoms with E-state index in [1.54, 1.807) is 11.8 Å². The van der Waals surface area contributed by atoms with Crippen molar-refractivity contribution in [2.75, 3.05) is 39.3 Å². The van der Waals surface area contributed by atoms with Gasteiger partial charge in [0, 0.05) is 19.0 Å². The Morgan fingerprint density at radius 3 is 2.22 bits per heavy atom. The van der Waals surface area contributed by atoms with Crippen molar-refractivity contribution >= 4 is 5.91 Å². The third-order valence-electron chi connectivity index (χ3n) is 5.39. The number of amides is 1. The lowest BCUT2D eigenvalue weighted by atomic mass is 9.98. The first kappa shape index (κ1) is 24.2. The Morgan fingerprint density at radius 1 is 1.15 bits per heavy atom. The minimum absolute atomic E-state index is 0.00419. The summed E-state index contributed by atoms with van der Waals surface area (Å²) >= 11 is 0. The van der Waals surface area contributed by atoms with Gasteiger partial charge in [0.25, 0.3) is 0 Å². The molecule has 0 saturated carbocycles. The molecule has 2 fully saturated rings. The molecule has 7 heteroatoms. The van der Waals surface area contributed by atoms with Crippen LogP contribution in [0.2, 0.25) is 0 Å². The van der Waals surface area contributed by atoms with Gasteiger partial charge in [0.2, 0.25) is 5.91 Å². The van der Waals surface area contributed by atoms with Crippen LogP contribution >= 0.6 is 0 Å². The van der Waals surface area contributed by atoms with Gasteiger partial charge in [-0.15, -0.1) is 0 Å². The van der Waals surface area contributed by atoms with Crippen LogP contribution in [0.1, 0.15) is 59.8 Å². The summed E-state index contributed by atoms with van der Waals surface area (Å²) in [6, 6.07) is 0.0631. The van der Waals surface area contributed by atoms with Crippen molar-refractivity contribution in [2.45, 2.75) is 72.0 Å². The first-order chi connectivity index (χ1) is 12.7. The summed E-state index contributed by atoms with van der Waals surface area (Å²) in [6.45, 7) is 11.8. The Kier molecular flexibility index (Phi) is 10.7. The Morgan fingerprint density at radius 2 is 1.70 bits per heavy atom. The van der Waals surface area contributed by atoms with Gasteiger partial charge >= 0.3 is 6.18 Å². The normalized spacial score (nSPS) is 21.3. The van der Waals surface area contributed by atoms with Gasteiger partial charge < -0.3 is 10.2 Å². The van der Waals surface area contributed by atoms with E-state index in [1.165, 1.54) is 0 Å². The van der Waals surface area contributed by atoms with E-state index in [0.717, 1.165) is 51.9 Å². The second-order valence-electron chi connectivity index (χ2n) is 7.91. The molecule has 0 radical (unpaired) electrons. The summed E-state index contributed by atoms with van der Waals surface area (Å²) in [4.78, 5) is 16.8. The molecule has 1 amide bonds. The third-order valence-corrected chi connectivity index (χ3v) is 5.39. The van der Waals surface area contributed by atoms with Crippen LogP contribution in [-0.2, 0) is 4.79 Å². The van der Waals surface area contributed by atoms with Gasteiger partial charge in [-0.1, -0.05) is 27.7 Å². The van der Waals surface area contributed by atoms with E-state index < -0.39 is 18.5 Å². The smallest absolute Gasteiger partial charge is 0.338 e. The van der Waals surface area contributed by atoms with Crippen LogP contribution < -0.4 is 5.32 Å². The molecule has 2 aliphatic rings. The highest BCUT2D eigenvalue weighted by Crippen LogP contribution is 2.26. The molecule has 2 aliphatic heterocycles. The molecule has 2 rings (SSSR count). The molecule has 160 valence electrons. The van der Waals surface area contributed by atoms with E-state index in [-0.39, 0.29) is 18.5 Å². The zero-order valence-electron chi connectivity index (χ0n) is 17.4. The molecule has 27 heavy (non-hydrogen) atoms. The summed E-state index contributed by atoms with van der Waals surface area (Å²) < 4.78 is 38.1. The van der Waals surface area contributed by atoms with Crippen LogP contribution in [0.15, 0.2) is 0 Å². The van der Waals surface area contributed by atoms with Crippen LogP contribution in [-0.4, -0.2) is 67.2 Å². The number of nitrogens with one attached hydrogen (secondary N) is 1. The predicted octanol–water partition coefficient (Wildman–Crippen LogP) is 3.91. The number of rotatable bonds is 6. The number of carbonyl (C=O) groups excluding carboxylic acids is 1. The maximum absolute atomic E-state index is 12.9. The van der Waals surface area contributed by atoms with Crippen molar-refractivity contribution in [3.63, 3.8) is 0 Å². The van der Waals surface area contributed by atoms with Gasteiger partial charge in [-0.3, -0.25) is 9.69 Å². The second kappa shape index (κ2) is 11.9. The van der Waals surface area contributed by atoms with Crippen molar-refractivity contribution in [1.82, 2.24) is 15.1 Å². The van der Waals surface area contributed by atoms with Gasteiger partial charge in [0.15, 0.2) is 0 Å². The zero-order chi connectivity index (χ0) is 20.4. The molecule has 0 spiro atoms. The van der Waals surface area contributed by atoms with Gasteiger partial charge in [-0.05, 0) is 63.7 Å². The molecular weight excluding hydrogens is 355 g/mol. The first-order valence-electron chi connectivity index (χ1n) is 10.5. The predicted molar refractivity (Wildman–Crippen MR) is 104 cm³/mol. The van der Waals surface area contributed by atoms with Crippen molar-refractivity contribution in [2.24, 2.45) is 11.8 Å². The molecule has 0 bridgehead atoms. The molecule has 1 atom stereocenters. The highest BCUT2D eigenvalue weighted by atomic mass is 19.4. The minimum Gasteiger partial charge on any atom is -0.338 e. The number of halogens is 3. The van der Waals surface area contributed by atoms with Gasteiger partial charge in [-0.25, -0.2) is 0 Å². The van der Waals surface area contributed by atoms with Crippen LogP contribution in [0.4, 0.5) is 13.2 Å². The Hall–Kier alpha value is -0.820. The molecule has 2 heterocycles. The van der Waals surface area contributed by atoms with Crippen LogP contribution in [0.3, 0.4) is 0 Å². The summed E-state index contributed by atoms with van der Waals surface area (Å²) in [6.07, 6.45) is -1.19. The fourth-order valence-electron chi connectivity index (χ4n) is 3.87. The van der Waals surface area contributed by atoms with Crippen molar-refractivity contribution < 1.29 is 18.0 Å². The second-order valence-corrected chi connectivity index (χ2v) is 7.91. The molecule has 0 aromatic rings. The van der Waals surface area contributed by atoms with Gasteiger partial charge in [-0.2, -0.15) is 13.2 Å². The number of likely N-dealkylation sites (tertiary alicyclic amines) is 1. The fraction of sp³-hybridized carbons (Fsp3) is 0.950. The van der Waals surface area contributed by atoms with Crippen LogP contribution in [0, 0.1) is 11.8 Å². The van der Waals surface area contributed by atoms with Crippen LogP contribution in [0.5, 0.6) is 0 Å². The zero-order valence-corrected chi connectivity index (χ0v) is 17.4. The first-order valence-corrected chi connectivity index (χ1v) is 10.5. The van der Waals surface area contributed by atoms with Crippen molar-refractivity contribution in [1.29, 1.82) is 0 Å². The summed E-state index contributed by atoms with van der Waals surface area (Å²) in [5.41, 5.74) is 0. The Labute approximate surface area is 162 Å². The Bertz CT molecular complexity index is 417. The monoisotopic (exact) mass is 393 g/mol. The number of piperidine rings is 2. The average Bonchev–Trinajstić information content (AvgIpc) is 2.62. The lowest BCUT2D eigenvalue weighted by Crippen LogP contribution is -2.51. The number of hydrogen-bond donors (Lipinski definition) is 1. The number of alkyl halides is 3. The largest absolute Gasteiger partial charge is 0.389 e. The Balaban J connectivity index is 0.00000176. The SMILES string of the molecule is CC.CC1CCN(CC(=O)N(CC(C)CC(F)(F)F)C2CCNCC2)CC1. The quantitative estimate of drug-likeness (QED) is 0.743. The summed E-state index contributed by atoms with van der Waals surface area (Å²) in [7, 11) is 0. The van der Waals surface area contributed by atoms with Crippen molar-refractivity contribution in [3.8, 4) is 0 Å². The van der Waals surface area contributed by atoms with Crippen molar-refractivity contribution in [3.05, 3.63) is 0 Å².